The summed E-state index contributed by atoms with van der Waals surface area (Å²) in [5.41, 5.74) is 2.09. The van der Waals surface area contributed by atoms with Crippen LogP contribution in [-0.4, -0.2) is 24.0 Å². The Bertz CT molecular complexity index is 904. The van der Waals surface area contributed by atoms with Gasteiger partial charge in [0.1, 0.15) is 17.9 Å². The highest BCUT2D eigenvalue weighted by atomic mass is 16.5. The van der Waals surface area contributed by atoms with Crippen LogP contribution in [0.4, 0.5) is 17.1 Å². The lowest BCUT2D eigenvalue weighted by Crippen LogP contribution is -2.34. The smallest absolute Gasteiger partial charge is 0.265 e. The molecule has 132 valence electrons. The molecule has 0 fully saturated rings. The topological polar surface area (TPSA) is 103 Å². The maximum Gasteiger partial charge on any atom is 0.265 e. The number of ether oxygens (including phenoxy) is 1. The van der Waals surface area contributed by atoms with E-state index < -0.39 is 12.1 Å². The molecule has 1 heterocycles. The summed E-state index contributed by atoms with van der Waals surface area (Å²) in [6.45, 7) is 3.39. The number of carbonyl (C=O) groups is 2. The second-order valence-corrected chi connectivity index (χ2v) is 5.97. The van der Waals surface area contributed by atoms with E-state index >= 15 is 0 Å². The molecule has 0 aromatic heterocycles. The number of rotatable bonds is 4. The molecule has 0 bridgehead atoms. The summed E-state index contributed by atoms with van der Waals surface area (Å²) in [4.78, 5) is 24.1. The number of nitrogens with one attached hydrogen (secondary N) is 3. The van der Waals surface area contributed by atoms with Crippen LogP contribution >= 0.6 is 0 Å². The minimum atomic E-state index is -0.557. The number of fused-ring (bicyclic) bond motifs is 1. The number of para-hydroxylation sites is 1. The molecule has 0 spiro atoms. The van der Waals surface area contributed by atoms with Gasteiger partial charge in [0, 0.05) is 5.69 Å². The number of amides is 2. The molecule has 2 amide bonds. The second-order valence-electron chi connectivity index (χ2n) is 5.97. The van der Waals surface area contributed by atoms with Crippen LogP contribution in [0.1, 0.15) is 19.4 Å². The van der Waals surface area contributed by atoms with Crippen molar-refractivity contribution in [2.45, 2.75) is 26.0 Å². The first kappa shape index (κ1) is 17.3. The molecule has 0 aliphatic carbocycles. The van der Waals surface area contributed by atoms with Gasteiger partial charge in [-0.05, 0) is 44.2 Å². The minimum Gasteiger partial charge on any atom is -0.479 e. The van der Waals surface area contributed by atoms with Crippen LogP contribution < -0.4 is 20.7 Å². The fraction of sp³-hybridized carbons (Fsp3) is 0.211. The van der Waals surface area contributed by atoms with Crippen LogP contribution in [0.15, 0.2) is 42.5 Å². The molecule has 2 unspecified atom stereocenters. The number of nitriles is 1. The summed E-state index contributed by atoms with van der Waals surface area (Å²) in [6.07, 6.45) is -0.536. The van der Waals surface area contributed by atoms with Gasteiger partial charge in [-0.2, -0.15) is 5.26 Å². The maximum atomic E-state index is 12.4. The molecule has 0 radical (unpaired) electrons. The molecule has 1 aliphatic rings. The monoisotopic (exact) mass is 350 g/mol. The van der Waals surface area contributed by atoms with Crippen molar-refractivity contribution in [3.63, 3.8) is 0 Å². The Morgan fingerprint density at radius 3 is 2.85 bits per heavy atom. The molecule has 7 heteroatoms. The molecule has 26 heavy (non-hydrogen) atoms. The summed E-state index contributed by atoms with van der Waals surface area (Å²) in [6, 6.07) is 13.5. The molecule has 3 rings (SSSR count). The summed E-state index contributed by atoms with van der Waals surface area (Å²) in [7, 11) is 0. The zero-order valence-corrected chi connectivity index (χ0v) is 14.4. The van der Waals surface area contributed by atoms with Gasteiger partial charge in [-0.3, -0.25) is 9.59 Å². The molecule has 1 aliphatic heterocycles. The average Bonchev–Trinajstić information content (AvgIpc) is 2.63. The number of nitrogens with zero attached hydrogens (tertiary/aromatic N) is 1. The van der Waals surface area contributed by atoms with Crippen molar-refractivity contribution < 1.29 is 14.3 Å². The fourth-order valence-corrected chi connectivity index (χ4v) is 2.54. The van der Waals surface area contributed by atoms with Crippen molar-refractivity contribution in [2.75, 3.05) is 16.0 Å². The summed E-state index contributed by atoms with van der Waals surface area (Å²) < 4.78 is 5.51. The number of anilines is 3. The van der Waals surface area contributed by atoms with Crippen molar-refractivity contribution >= 4 is 28.9 Å². The molecule has 2 aromatic rings. The van der Waals surface area contributed by atoms with Gasteiger partial charge in [-0.15, -0.1) is 0 Å². The summed E-state index contributed by atoms with van der Waals surface area (Å²) >= 11 is 0. The molecule has 3 N–H and O–H groups in total. The second kappa shape index (κ2) is 7.15. The third-order valence-corrected chi connectivity index (χ3v) is 3.99. The van der Waals surface area contributed by atoms with E-state index in [0.29, 0.717) is 28.4 Å². The van der Waals surface area contributed by atoms with Gasteiger partial charge in [0.2, 0.25) is 5.91 Å². The van der Waals surface area contributed by atoms with Crippen LogP contribution in [0, 0.1) is 11.3 Å². The standard InChI is InChI=1S/C19H18N4O3/c1-11(18(24)22-15-6-4-3-5-13(15)10-20)21-14-7-8-17-16(9-14)23-19(25)12(2)26-17/h3-9,11-12,21H,1-2H3,(H,22,24)(H,23,25). The fourth-order valence-electron chi connectivity index (χ4n) is 2.54. The van der Waals surface area contributed by atoms with Gasteiger partial charge in [-0.1, -0.05) is 12.1 Å². The lowest BCUT2D eigenvalue weighted by molar-refractivity contribution is -0.122. The summed E-state index contributed by atoms with van der Waals surface area (Å²) in [5, 5.41) is 17.7. The molecule has 2 atom stereocenters. The molecule has 0 saturated carbocycles. The Labute approximate surface area is 151 Å². The zero-order chi connectivity index (χ0) is 18.7. The zero-order valence-electron chi connectivity index (χ0n) is 14.4. The Hall–Kier alpha value is -3.53. The normalized spacial score (nSPS) is 16.3. The van der Waals surface area contributed by atoms with Crippen LogP contribution in [0.3, 0.4) is 0 Å². The quantitative estimate of drug-likeness (QED) is 0.787. The van der Waals surface area contributed by atoms with Crippen molar-refractivity contribution in [3.05, 3.63) is 48.0 Å². The number of carbonyl (C=O) groups excluding carboxylic acids is 2. The molecule has 7 nitrogen and oxygen atoms in total. The van der Waals surface area contributed by atoms with Crippen molar-refractivity contribution in [1.82, 2.24) is 0 Å². The van der Waals surface area contributed by atoms with E-state index in [2.05, 4.69) is 16.0 Å². The van der Waals surface area contributed by atoms with Gasteiger partial charge >= 0.3 is 0 Å². The molecule has 2 aromatic carbocycles. The Morgan fingerprint density at radius 1 is 1.31 bits per heavy atom. The van der Waals surface area contributed by atoms with Gasteiger partial charge in [-0.25, -0.2) is 0 Å². The van der Waals surface area contributed by atoms with E-state index in [1.54, 1.807) is 56.3 Å². The van der Waals surface area contributed by atoms with Crippen molar-refractivity contribution in [2.24, 2.45) is 0 Å². The number of hydrogen-bond acceptors (Lipinski definition) is 5. The largest absolute Gasteiger partial charge is 0.479 e. The number of hydrogen-bond donors (Lipinski definition) is 3. The summed E-state index contributed by atoms with van der Waals surface area (Å²) in [5.74, 6) is 0.0931. The van der Waals surface area contributed by atoms with E-state index in [9.17, 15) is 9.59 Å². The third kappa shape index (κ3) is 3.59. The molecule has 0 saturated heterocycles. The Balaban J connectivity index is 1.69. The number of benzene rings is 2. The maximum absolute atomic E-state index is 12.4. The molecular weight excluding hydrogens is 332 g/mol. The first-order valence-corrected chi connectivity index (χ1v) is 8.16. The predicted molar refractivity (Wildman–Crippen MR) is 98.0 cm³/mol. The van der Waals surface area contributed by atoms with Gasteiger partial charge < -0.3 is 20.7 Å². The average molecular weight is 350 g/mol. The van der Waals surface area contributed by atoms with E-state index in [-0.39, 0.29) is 11.8 Å². The third-order valence-electron chi connectivity index (χ3n) is 3.99. The Kier molecular flexibility index (Phi) is 4.76. The van der Waals surface area contributed by atoms with Crippen LogP contribution in [-0.2, 0) is 9.59 Å². The van der Waals surface area contributed by atoms with Crippen LogP contribution in [0.5, 0.6) is 5.75 Å². The van der Waals surface area contributed by atoms with Gasteiger partial charge in [0.25, 0.3) is 5.91 Å². The first-order valence-electron chi connectivity index (χ1n) is 8.16. The van der Waals surface area contributed by atoms with Crippen molar-refractivity contribution in [3.8, 4) is 11.8 Å². The lowest BCUT2D eigenvalue weighted by atomic mass is 10.1. The predicted octanol–water partition coefficient (Wildman–Crippen LogP) is 2.72. The van der Waals surface area contributed by atoms with E-state index in [0.717, 1.165) is 0 Å². The minimum absolute atomic E-state index is 0.214. The van der Waals surface area contributed by atoms with Crippen LogP contribution in [0.2, 0.25) is 0 Å². The van der Waals surface area contributed by atoms with Gasteiger partial charge in [0.05, 0.1) is 16.9 Å². The lowest BCUT2D eigenvalue weighted by Gasteiger charge is -2.24. The van der Waals surface area contributed by atoms with Gasteiger partial charge in [0.15, 0.2) is 6.10 Å². The van der Waals surface area contributed by atoms with E-state index in [4.69, 9.17) is 10.00 Å². The molecular formula is C19H18N4O3. The highest BCUT2D eigenvalue weighted by molar-refractivity contribution is 5.99. The van der Waals surface area contributed by atoms with E-state index in [1.165, 1.54) is 0 Å². The van der Waals surface area contributed by atoms with E-state index in [1.807, 2.05) is 6.07 Å². The first-order chi connectivity index (χ1) is 12.5. The highest BCUT2D eigenvalue weighted by Gasteiger charge is 2.24. The SMILES string of the molecule is CC(Nc1ccc2c(c1)NC(=O)C(C)O2)C(=O)Nc1ccccc1C#N. The highest BCUT2D eigenvalue weighted by Crippen LogP contribution is 2.32. The van der Waals surface area contributed by atoms with Crippen molar-refractivity contribution in [1.29, 1.82) is 5.26 Å². The Morgan fingerprint density at radius 2 is 2.08 bits per heavy atom. The van der Waals surface area contributed by atoms with Crippen LogP contribution in [0.25, 0.3) is 0 Å².